The van der Waals surface area contributed by atoms with Crippen molar-refractivity contribution in [2.75, 3.05) is 0 Å². The first-order valence-corrected chi connectivity index (χ1v) is 10.6. The Morgan fingerprint density at radius 3 is 1.74 bits per heavy atom. The predicted octanol–water partition coefficient (Wildman–Crippen LogP) is 6.06. The second kappa shape index (κ2) is 8.25. The van der Waals surface area contributed by atoms with Gasteiger partial charge in [0.15, 0.2) is 19.7 Å². The van der Waals surface area contributed by atoms with Crippen molar-refractivity contribution in [3.05, 3.63) is 108 Å². The summed E-state index contributed by atoms with van der Waals surface area (Å²) in [6.45, 7) is 0. The third-order valence-electron chi connectivity index (χ3n) is 3.97. The number of rotatable bonds is 5. The molecule has 1 aromatic heterocycles. The van der Waals surface area contributed by atoms with E-state index in [1.807, 2.05) is 47.8 Å². The molecule has 0 aliphatic carbocycles. The zero-order valence-electron chi connectivity index (χ0n) is 14.4. The van der Waals surface area contributed by atoms with E-state index in [2.05, 4.69) is 48.5 Å². The lowest BCUT2D eigenvalue weighted by atomic mass is 10.2. The van der Waals surface area contributed by atoms with E-state index in [4.69, 9.17) is 4.74 Å². The Hall–Kier alpha value is -2.82. The molecule has 0 atom stereocenters. The molecule has 0 bridgehead atoms. The number of thiophene rings is 1. The van der Waals surface area contributed by atoms with Gasteiger partial charge in [0.1, 0.15) is 0 Å². The molecule has 0 radical (unpaired) electrons. The molecule has 2 nitrogen and oxygen atoms in total. The molecular formula is C23H17O2S2+. The van der Waals surface area contributed by atoms with Crippen LogP contribution in [0.15, 0.2) is 117 Å². The van der Waals surface area contributed by atoms with Gasteiger partial charge < -0.3 is 4.74 Å². The monoisotopic (exact) mass is 389 g/mol. The molecule has 0 saturated carbocycles. The molecule has 0 aliphatic rings. The normalized spacial score (nSPS) is 10.7. The fourth-order valence-electron chi connectivity index (χ4n) is 2.72. The average molecular weight is 390 g/mol. The van der Waals surface area contributed by atoms with Gasteiger partial charge >= 0.3 is 5.97 Å². The highest BCUT2D eigenvalue weighted by Crippen LogP contribution is 2.31. The number of hydrogen-bond donors (Lipinski definition) is 0. The quantitative estimate of drug-likeness (QED) is 0.306. The standard InChI is InChI=1S/C23H17O2S2/c24-23(25-22-12-7-17-26-22)18-13-15-21(16-14-18)27(19-8-3-1-4-9-19)20-10-5-2-6-11-20/h1-17H/q+1. The van der Waals surface area contributed by atoms with Crippen molar-refractivity contribution in [1.82, 2.24) is 0 Å². The lowest BCUT2D eigenvalue weighted by Crippen LogP contribution is -2.09. The summed E-state index contributed by atoms with van der Waals surface area (Å²) in [6, 6.07) is 32.3. The molecule has 0 N–H and O–H groups in total. The summed E-state index contributed by atoms with van der Waals surface area (Å²) < 4.78 is 5.39. The van der Waals surface area contributed by atoms with Gasteiger partial charge in [-0.15, -0.1) is 11.3 Å². The Bertz CT molecular complexity index is 956. The van der Waals surface area contributed by atoms with Crippen molar-refractivity contribution in [2.24, 2.45) is 0 Å². The Balaban J connectivity index is 1.64. The zero-order chi connectivity index (χ0) is 18.5. The van der Waals surface area contributed by atoms with Gasteiger partial charge in [0.05, 0.1) is 16.5 Å². The maximum absolute atomic E-state index is 12.3. The van der Waals surface area contributed by atoms with Crippen molar-refractivity contribution in [1.29, 1.82) is 0 Å². The van der Waals surface area contributed by atoms with Gasteiger partial charge in [0.25, 0.3) is 0 Å². The van der Waals surface area contributed by atoms with Crippen molar-refractivity contribution < 1.29 is 9.53 Å². The van der Waals surface area contributed by atoms with Crippen LogP contribution in [0.25, 0.3) is 0 Å². The highest BCUT2D eigenvalue weighted by Gasteiger charge is 2.28. The first-order chi connectivity index (χ1) is 13.3. The number of benzene rings is 3. The van der Waals surface area contributed by atoms with Crippen LogP contribution < -0.4 is 4.74 Å². The minimum Gasteiger partial charge on any atom is -0.412 e. The third kappa shape index (κ3) is 4.13. The molecule has 0 aliphatic heterocycles. The van der Waals surface area contributed by atoms with Crippen LogP contribution in [0, 0.1) is 0 Å². The van der Waals surface area contributed by atoms with Crippen LogP contribution in [-0.2, 0) is 10.9 Å². The van der Waals surface area contributed by atoms with Gasteiger partial charge in [-0.2, -0.15) is 0 Å². The summed E-state index contributed by atoms with van der Waals surface area (Å²) >= 11 is 1.41. The molecule has 1 heterocycles. The minimum absolute atomic E-state index is 0.218. The van der Waals surface area contributed by atoms with Crippen LogP contribution in [0.2, 0.25) is 0 Å². The van der Waals surface area contributed by atoms with E-state index >= 15 is 0 Å². The lowest BCUT2D eigenvalue weighted by Gasteiger charge is -2.08. The summed E-state index contributed by atoms with van der Waals surface area (Å²) in [5.41, 5.74) is 0.553. The SMILES string of the molecule is O=C(Oc1cccs1)c1ccc([S+](c2ccccc2)c2ccccc2)cc1. The fourth-order valence-corrected chi connectivity index (χ4v) is 5.38. The number of carbonyl (C=O) groups is 1. The van der Waals surface area contributed by atoms with Gasteiger partial charge in [0.2, 0.25) is 0 Å². The fraction of sp³-hybridized carbons (Fsp3) is 0. The van der Waals surface area contributed by atoms with E-state index in [-0.39, 0.29) is 16.9 Å². The topological polar surface area (TPSA) is 26.3 Å². The van der Waals surface area contributed by atoms with Crippen molar-refractivity contribution in [2.45, 2.75) is 14.7 Å². The molecule has 0 spiro atoms. The largest absolute Gasteiger partial charge is 0.412 e. The highest BCUT2D eigenvalue weighted by molar-refractivity contribution is 7.97. The molecule has 0 fully saturated rings. The maximum Gasteiger partial charge on any atom is 0.344 e. The lowest BCUT2D eigenvalue weighted by molar-refractivity contribution is 0.0740. The molecule has 0 amide bonds. The minimum atomic E-state index is -0.330. The van der Waals surface area contributed by atoms with Crippen LogP contribution in [0.1, 0.15) is 10.4 Å². The van der Waals surface area contributed by atoms with E-state index in [9.17, 15) is 4.79 Å². The summed E-state index contributed by atoms with van der Waals surface area (Å²) in [6.07, 6.45) is 0. The van der Waals surface area contributed by atoms with Gasteiger partial charge in [-0.25, -0.2) is 4.79 Å². The predicted molar refractivity (Wildman–Crippen MR) is 111 cm³/mol. The van der Waals surface area contributed by atoms with Gasteiger partial charge in [-0.1, -0.05) is 36.4 Å². The molecule has 4 aromatic rings. The second-order valence-electron chi connectivity index (χ2n) is 5.78. The molecule has 0 saturated heterocycles. The number of carbonyl (C=O) groups excluding carboxylic acids is 1. The zero-order valence-corrected chi connectivity index (χ0v) is 16.1. The maximum atomic E-state index is 12.3. The third-order valence-corrected chi connectivity index (χ3v) is 6.95. The number of hydrogen-bond acceptors (Lipinski definition) is 3. The first kappa shape index (κ1) is 17.6. The van der Waals surface area contributed by atoms with Crippen LogP contribution in [-0.4, -0.2) is 5.97 Å². The Kier molecular flexibility index (Phi) is 5.37. The van der Waals surface area contributed by atoms with Crippen molar-refractivity contribution in [3.63, 3.8) is 0 Å². The second-order valence-corrected chi connectivity index (χ2v) is 8.72. The molecule has 4 heteroatoms. The smallest absolute Gasteiger partial charge is 0.344 e. The van der Waals surface area contributed by atoms with Crippen LogP contribution in [0.3, 0.4) is 0 Å². The van der Waals surface area contributed by atoms with Gasteiger partial charge in [-0.3, -0.25) is 0 Å². The average Bonchev–Trinajstić information content (AvgIpc) is 3.23. The summed E-state index contributed by atoms with van der Waals surface area (Å²) in [4.78, 5) is 16.0. The van der Waals surface area contributed by atoms with Crippen LogP contribution >= 0.6 is 11.3 Å². The molecule has 132 valence electrons. The Morgan fingerprint density at radius 1 is 0.667 bits per heavy atom. The highest BCUT2D eigenvalue weighted by atomic mass is 32.2. The molecule has 27 heavy (non-hydrogen) atoms. The molecular weight excluding hydrogens is 372 g/mol. The molecule has 4 rings (SSSR count). The number of esters is 1. The number of ether oxygens (including phenoxy) is 1. The van der Waals surface area contributed by atoms with Gasteiger partial charge in [0, 0.05) is 0 Å². The van der Waals surface area contributed by atoms with E-state index in [1.54, 1.807) is 6.07 Å². The first-order valence-electron chi connectivity index (χ1n) is 8.51. The van der Waals surface area contributed by atoms with E-state index in [1.165, 1.54) is 26.0 Å². The molecule has 3 aromatic carbocycles. The summed E-state index contributed by atoms with van der Waals surface area (Å²) in [5.74, 6) is -0.330. The Labute approximate surface area is 165 Å². The van der Waals surface area contributed by atoms with E-state index < -0.39 is 0 Å². The van der Waals surface area contributed by atoms with Crippen molar-refractivity contribution >= 4 is 28.2 Å². The van der Waals surface area contributed by atoms with Crippen LogP contribution in [0.5, 0.6) is 5.06 Å². The summed E-state index contributed by atoms with van der Waals surface area (Å²) in [5, 5.41) is 2.49. The van der Waals surface area contributed by atoms with Crippen LogP contribution in [0.4, 0.5) is 0 Å². The molecule has 0 unspecified atom stereocenters. The van der Waals surface area contributed by atoms with Gasteiger partial charge in [-0.05, 0) is 66.0 Å². The Morgan fingerprint density at radius 2 is 1.22 bits per heavy atom. The van der Waals surface area contributed by atoms with E-state index in [0.29, 0.717) is 10.6 Å². The van der Waals surface area contributed by atoms with E-state index in [0.717, 1.165) is 0 Å². The summed E-state index contributed by atoms with van der Waals surface area (Å²) in [7, 11) is -0.218. The van der Waals surface area contributed by atoms with Crippen molar-refractivity contribution in [3.8, 4) is 5.06 Å².